The summed E-state index contributed by atoms with van der Waals surface area (Å²) in [5.74, 6) is 0.0889. The Labute approximate surface area is 86.5 Å². The minimum Gasteiger partial charge on any atom is -0.411 e. The van der Waals surface area contributed by atoms with Crippen LogP contribution in [-0.2, 0) is 6.42 Å². The van der Waals surface area contributed by atoms with E-state index in [0.29, 0.717) is 17.7 Å². The third kappa shape index (κ3) is 1.41. The van der Waals surface area contributed by atoms with E-state index in [1.54, 1.807) is 12.1 Å². The number of rotatable bonds is 1. The van der Waals surface area contributed by atoms with Crippen LogP contribution in [0, 0.1) is 0 Å². The summed E-state index contributed by atoms with van der Waals surface area (Å²) in [4.78, 5) is 0. The topological polar surface area (TPSA) is 91.2 Å². The normalized spacial score (nSPS) is 18.1. The van der Waals surface area contributed by atoms with Gasteiger partial charge in [0.15, 0.2) is 5.84 Å². The first-order valence-electron chi connectivity index (χ1n) is 4.59. The van der Waals surface area contributed by atoms with Crippen LogP contribution in [-0.4, -0.2) is 22.0 Å². The fourth-order valence-electron chi connectivity index (χ4n) is 1.90. The lowest BCUT2D eigenvalue weighted by atomic mass is 10.0. The Hall–Kier alpha value is -2.04. The van der Waals surface area contributed by atoms with Gasteiger partial charge in [-0.25, -0.2) is 0 Å². The molecule has 0 amide bonds. The zero-order valence-electron chi connectivity index (χ0n) is 8.01. The van der Waals surface area contributed by atoms with E-state index in [1.807, 2.05) is 6.07 Å². The minimum atomic E-state index is 0.0889. The van der Waals surface area contributed by atoms with E-state index >= 15 is 0 Å². The molecule has 0 saturated carbocycles. The van der Waals surface area contributed by atoms with Crippen LogP contribution in [0.2, 0.25) is 0 Å². The largest absolute Gasteiger partial charge is 0.411 e. The molecule has 0 spiro atoms. The maximum atomic E-state index is 8.78. The number of hydrogen-bond acceptors (Lipinski definition) is 4. The van der Waals surface area contributed by atoms with E-state index in [1.165, 1.54) is 0 Å². The van der Waals surface area contributed by atoms with Gasteiger partial charge in [-0.2, -0.15) is 0 Å². The van der Waals surface area contributed by atoms with Gasteiger partial charge < -0.3 is 16.1 Å². The summed E-state index contributed by atoms with van der Waals surface area (Å²) in [6.45, 7) is 0. The molecular weight excluding hydrogens is 194 g/mol. The molecule has 0 aromatic heterocycles. The molecule has 78 valence electrons. The van der Waals surface area contributed by atoms with E-state index < -0.39 is 0 Å². The van der Waals surface area contributed by atoms with Crippen molar-refractivity contribution in [3.05, 3.63) is 34.9 Å². The lowest BCUT2D eigenvalue weighted by molar-refractivity contribution is 0.318. The summed E-state index contributed by atoms with van der Waals surface area (Å²) in [6.07, 6.45) is 1.43. The second-order valence-corrected chi connectivity index (χ2v) is 3.36. The highest BCUT2D eigenvalue weighted by atomic mass is 16.4. The van der Waals surface area contributed by atoms with Crippen molar-refractivity contribution in [1.82, 2.24) is 0 Å². The van der Waals surface area contributed by atoms with E-state index in [0.717, 1.165) is 17.5 Å². The number of fused-ring (bicyclic) bond motifs is 1. The first-order valence-corrected chi connectivity index (χ1v) is 4.59. The van der Waals surface area contributed by atoms with Crippen molar-refractivity contribution in [3.63, 3.8) is 0 Å². The summed E-state index contributed by atoms with van der Waals surface area (Å²) in [7, 11) is 0. The SMILES string of the molecule is N/C(=N/O)c1cccc2c1CC/C2=N\O. The van der Waals surface area contributed by atoms with E-state index in [4.69, 9.17) is 16.1 Å². The van der Waals surface area contributed by atoms with Crippen molar-refractivity contribution in [1.29, 1.82) is 0 Å². The molecule has 0 unspecified atom stereocenters. The standard InChI is InChI=1S/C10H11N3O2/c11-10(13-15)8-3-1-2-7-6(8)4-5-9(7)12-14/h1-3,14-15H,4-5H2,(H2,11,13)/b12-9+. The molecular formula is C10H11N3O2. The summed E-state index contributed by atoms with van der Waals surface area (Å²) >= 11 is 0. The second kappa shape index (κ2) is 3.61. The molecule has 2 rings (SSSR count). The van der Waals surface area contributed by atoms with Gasteiger partial charge in [-0.05, 0) is 18.4 Å². The van der Waals surface area contributed by atoms with Crippen LogP contribution in [0.25, 0.3) is 0 Å². The van der Waals surface area contributed by atoms with Gasteiger partial charge in [-0.15, -0.1) is 0 Å². The van der Waals surface area contributed by atoms with Crippen LogP contribution in [0.15, 0.2) is 28.5 Å². The van der Waals surface area contributed by atoms with Gasteiger partial charge in [-0.1, -0.05) is 28.5 Å². The van der Waals surface area contributed by atoms with Crippen LogP contribution in [0.5, 0.6) is 0 Å². The van der Waals surface area contributed by atoms with Crippen molar-refractivity contribution in [2.24, 2.45) is 16.0 Å². The smallest absolute Gasteiger partial charge is 0.170 e. The number of benzene rings is 1. The number of nitrogens with two attached hydrogens (primary N) is 1. The van der Waals surface area contributed by atoms with Crippen LogP contribution in [0.1, 0.15) is 23.1 Å². The summed E-state index contributed by atoms with van der Waals surface area (Å²) in [5.41, 5.74) is 8.75. The molecule has 0 aliphatic heterocycles. The highest BCUT2D eigenvalue weighted by molar-refractivity contribution is 6.08. The lowest BCUT2D eigenvalue weighted by Gasteiger charge is -2.05. The molecule has 0 bridgehead atoms. The van der Waals surface area contributed by atoms with Crippen LogP contribution >= 0.6 is 0 Å². The van der Waals surface area contributed by atoms with E-state index in [-0.39, 0.29) is 5.84 Å². The predicted molar refractivity (Wildman–Crippen MR) is 55.6 cm³/mol. The fourth-order valence-corrected chi connectivity index (χ4v) is 1.90. The molecule has 1 aromatic carbocycles. The Bertz CT molecular complexity index is 452. The van der Waals surface area contributed by atoms with Crippen molar-refractivity contribution in [2.45, 2.75) is 12.8 Å². The Morgan fingerprint density at radius 2 is 2.07 bits per heavy atom. The third-order valence-corrected chi connectivity index (χ3v) is 2.60. The van der Waals surface area contributed by atoms with Crippen molar-refractivity contribution in [2.75, 3.05) is 0 Å². The Balaban J connectivity index is 2.59. The maximum absolute atomic E-state index is 8.78. The Morgan fingerprint density at radius 3 is 2.73 bits per heavy atom. The Kier molecular flexibility index (Phi) is 2.29. The van der Waals surface area contributed by atoms with Crippen molar-refractivity contribution < 1.29 is 10.4 Å². The Morgan fingerprint density at radius 1 is 1.27 bits per heavy atom. The first kappa shape index (κ1) is 9.51. The second-order valence-electron chi connectivity index (χ2n) is 3.36. The minimum absolute atomic E-state index is 0.0889. The number of hydrogen-bond donors (Lipinski definition) is 3. The van der Waals surface area contributed by atoms with Crippen LogP contribution in [0.3, 0.4) is 0 Å². The predicted octanol–water partition coefficient (Wildman–Crippen LogP) is 0.906. The molecule has 0 saturated heterocycles. The quantitative estimate of drug-likeness (QED) is 0.275. The number of amidine groups is 1. The molecule has 0 heterocycles. The molecule has 5 nitrogen and oxygen atoms in total. The van der Waals surface area contributed by atoms with E-state index in [9.17, 15) is 0 Å². The molecule has 15 heavy (non-hydrogen) atoms. The molecule has 1 aromatic rings. The van der Waals surface area contributed by atoms with Crippen LogP contribution < -0.4 is 5.73 Å². The molecule has 4 N–H and O–H groups in total. The van der Waals surface area contributed by atoms with Crippen molar-refractivity contribution in [3.8, 4) is 0 Å². The molecule has 1 aliphatic carbocycles. The molecule has 0 atom stereocenters. The zero-order valence-corrected chi connectivity index (χ0v) is 8.01. The summed E-state index contributed by atoms with van der Waals surface area (Å²) < 4.78 is 0. The molecule has 1 aliphatic rings. The van der Waals surface area contributed by atoms with E-state index in [2.05, 4.69) is 10.3 Å². The zero-order chi connectivity index (χ0) is 10.8. The van der Waals surface area contributed by atoms with Gasteiger partial charge in [0, 0.05) is 11.1 Å². The monoisotopic (exact) mass is 205 g/mol. The highest BCUT2D eigenvalue weighted by Gasteiger charge is 2.22. The fraction of sp³-hybridized carbons (Fsp3) is 0.200. The van der Waals surface area contributed by atoms with Gasteiger partial charge >= 0.3 is 0 Å². The third-order valence-electron chi connectivity index (χ3n) is 2.60. The number of nitrogens with zero attached hydrogens (tertiary/aromatic N) is 2. The van der Waals surface area contributed by atoms with Crippen molar-refractivity contribution >= 4 is 11.5 Å². The summed E-state index contributed by atoms with van der Waals surface area (Å²) in [5, 5.41) is 23.6. The van der Waals surface area contributed by atoms with Gasteiger partial charge in [0.05, 0.1) is 5.71 Å². The van der Waals surface area contributed by atoms with Gasteiger partial charge in [0.1, 0.15) is 0 Å². The molecule has 5 heteroatoms. The maximum Gasteiger partial charge on any atom is 0.170 e. The first-order chi connectivity index (χ1) is 7.27. The molecule has 0 fully saturated rings. The van der Waals surface area contributed by atoms with Gasteiger partial charge in [0.2, 0.25) is 0 Å². The number of oxime groups is 2. The summed E-state index contributed by atoms with van der Waals surface area (Å²) in [6, 6.07) is 5.45. The average Bonchev–Trinajstić information content (AvgIpc) is 2.70. The average molecular weight is 205 g/mol. The van der Waals surface area contributed by atoms with Gasteiger partial charge in [-0.3, -0.25) is 0 Å². The van der Waals surface area contributed by atoms with Crippen LogP contribution in [0.4, 0.5) is 0 Å². The highest BCUT2D eigenvalue weighted by Crippen LogP contribution is 2.25. The lowest BCUT2D eigenvalue weighted by Crippen LogP contribution is -2.15. The van der Waals surface area contributed by atoms with Gasteiger partial charge in [0.25, 0.3) is 0 Å². The molecule has 0 radical (unpaired) electrons.